The fourth-order valence-corrected chi connectivity index (χ4v) is 6.24. The fraction of sp³-hybridized carbons (Fsp3) is 0.172. The minimum Gasteiger partial charge on any atom is -0.508 e. The number of pyridine rings is 1. The van der Waals surface area contributed by atoms with Crippen LogP contribution in [0.5, 0.6) is 5.75 Å². The second kappa shape index (κ2) is 9.79. The van der Waals surface area contributed by atoms with E-state index < -0.39 is 41.1 Å². The number of benzene rings is 3. The van der Waals surface area contributed by atoms with Crippen LogP contribution in [0.1, 0.15) is 38.7 Å². The van der Waals surface area contributed by atoms with E-state index in [1.165, 1.54) is 28.5 Å². The minimum atomic E-state index is -4.78. The lowest BCUT2D eigenvalue weighted by atomic mass is 9.92. The molecule has 0 bridgehead atoms. The van der Waals surface area contributed by atoms with Gasteiger partial charge in [0.1, 0.15) is 17.6 Å². The molecule has 4 nitrogen and oxygen atoms in total. The van der Waals surface area contributed by atoms with Gasteiger partial charge in [-0.3, -0.25) is 14.2 Å². The molecule has 0 radical (unpaired) electrons. The third kappa shape index (κ3) is 4.51. The van der Waals surface area contributed by atoms with Crippen molar-refractivity contribution in [2.24, 2.45) is 0 Å². The van der Waals surface area contributed by atoms with Crippen LogP contribution in [0.15, 0.2) is 82.6 Å². The van der Waals surface area contributed by atoms with Crippen molar-refractivity contribution >= 4 is 17.5 Å². The van der Waals surface area contributed by atoms with E-state index in [9.17, 15) is 32.3 Å². The van der Waals surface area contributed by atoms with Crippen LogP contribution in [0.25, 0.3) is 11.1 Å². The number of phenolic OH excluding ortho intramolecular Hbond substituents is 1. The zero-order chi connectivity index (χ0) is 27.2. The van der Waals surface area contributed by atoms with Crippen molar-refractivity contribution in [3.8, 4) is 16.9 Å². The Balaban J connectivity index is 1.77. The summed E-state index contributed by atoms with van der Waals surface area (Å²) in [6.45, 7) is 1.60. The largest absolute Gasteiger partial charge is 0.508 e. The van der Waals surface area contributed by atoms with Crippen molar-refractivity contribution in [3.63, 3.8) is 0 Å². The van der Waals surface area contributed by atoms with Gasteiger partial charge in [-0.1, -0.05) is 48.5 Å². The Morgan fingerprint density at radius 2 is 1.74 bits per heavy atom. The first-order valence-electron chi connectivity index (χ1n) is 11.7. The van der Waals surface area contributed by atoms with E-state index in [-0.39, 0.29) is 22.8 Å². The maximum absolute atomic E-state index is 14.9. The zero-order valence-corrected chi connectivity index (χ0v) is 20.9. The molecule has 2 heterocycles. The van der Waals surface area contributed by atoms with Crippen LogP contribution in [0.3, 0.4) is 0 Å². The quantitative estimate of drug-likeness (QED) is 0.224. The molecule has 0 amide bonds. The molecular formula is C29H21F4NO3S. The Labute approximate surface area is 219 Å². The molecule has 9 heteroatoms. The monoisotopic (exact) mass is 539 g/mol. The molecule has 194 valence electrons. The van der Waals surface area contributed by atoms with Crippen molar-refractivity contribution in [1.29, 1.82) is 0 Å². The first kappa shape index (κ1) is 25.8. The maximum Gasteiger partial charge on any atom is 0.416 e. The third-order valence-corrected chi connectivity index (χ3v) is 7.90. The number of fused-ring (bicyclic) bond motifs is 1. The molecule has 1 aliphatic rings. The normalized spacial score (nSPS) is 14.9. The van der Waals surface area contributed by atoms with E-state index in [0.717, 1.165) is 18.2 Å². The lowest BCUT2D eigenvalue weighted by Crippen LogP contribution is -2.31. The van der Waals surface area contributed by atoms with Crippen molar-refractivity contribution < 1.29 is 27.5 Å². The topological polar surface area (TPSA) is 59.3 Å². The number of phenols is 1. The van der Waals surface area contributed by atoms with Gasteiger partial charge in [0.15, 0.2) is 5.78 Å². The van der Waals surface area contributed by atoms with Gasteiger partial charge < -0.3 is 5.11 Å². The number of hydrogen-bond acceptors (Lipinski definition) is 4. The van der Waals surface area contributed by atoms with Gasteiger partial charge in [-0.2, -0.15) is 13.2 Å². The number of aromatic nitrogens is 1. The molecule has 1 atom stereocenters. The number of aromatic hydroxyl groups is 1. The minimum absolute atomic E-state index is 0.104. The SMILES string of the molecule is Cc1c(Cc2c(F)cccc2C(F)(F)F)c2n(c(=O)c1-c1cccc(O)c1)C(C(=O)c1ccccc1)CS2. The number of carbonyl (C=O) groups excluding carboxylic acids is 1. The maximum atomic E-state index is 14.9. The number of thioether (sulfide) groups is 1. The number of Topliss-reactive ketones (excluding diaryl/α,β-unsaturated/α-hetero) is 1. The summed E-state index contributed by atoms with van der Waals surface area (Å²) < 4.78 is 57.6. The lowest BCUT2D eigenvalue weighted by molar-refractivity contribution is -0.138. The van der Waals surface area contributed by atoms with E-state index in [1.54, 1.807) is 49.4 Å². The smallest absolute Gasteiger partial charge is 0.416 e. The highest BCUT2D eigenvalue weighted by atomic mass is 32.2. The van der Waals surface area contributed by atoms with Gasteiger partial charge in [0.05, 0.1) is 16.2 Å². The molecule has 3 aromatic carbocycles. The Bertz CT molecular complexity index is 1610. The van der Waals surface area contributed by atoms with Crippen LogP contribution < -0.4 is 5.56 Å². The average Bonchev–Trinajstić information content (AvgIpc) is 3.32. The average molecular weight is 540 g/mol. The Hall–Kier alpha value is -3.85. The molecule has 1 unspecified atom stereocenters. The summed E-state index contributed by atoms with van der Waals surface area (Å²) in [6, 6.07) is 16.3. The summed E-state index contributed by atoms with van der Waals surface area (Å²) in [6.07, 6.45) is -5.22. The van der Waals surface area contributed by atoms with E-state index in [0.29, 0.717) is 27.3 Å². The number of rotatable bonds is 5. The van der Waals surface area contributed by atoms with E-state index in [1.807, 2.05) is 0 Å². The zero-order valence-electron chi connectivity index (χ0n) is 20.1. The Morgan fingerprint density at radius 3 is 2.42 bits per heavy atom. The first-order chi connectivity index (χ1) is 18.1. The molecule has 4 aromatic rings. The number of nitrogens with zero attached hydrogens (tertiary/aromatic N) is 1. The molecule has 0 aliphatic carbocycles. The summed E-state index contributed by atoms with van der Waals surface area (Å²) in [7, 11) is 0. The van der Waals surface area contributed by atoms with Gasteiger partial charge in [-0.25, -0.2) is 4.39 Å². The second-order valence-corrected chi connectivity index (χ2v) is 10.0. The van der Waals surface area contributed by atoms with E-state index in [2.05, 4.69) is 0 Å². The molecule has 1 aliphatic heterocycles. The molecule has 0 fully saturated rings. The highest BCUT2D eigenvalue weighted by Gasteiger charge is 2.38. The molecule has 5 rings (SSSR count). The molecule has 0 saturated heterocycles. The molecule has 38 heavy (non-hydrogen) atoms. The number of carbonyl (C=O) groups is 1. The van der Waals surface area contributed by atoms with Crippen molar-refractivity contribution in [1.82, 2.24) is 4.57 Å². The lowest BCUT2D eigenvalue weighted by Gasteiger charge is -2.21. The molecule has 0 spiro atoms. The first-order valence-corrected chi connectivity index (χ1v) is 12.7. The third-order valence-electron chi connectivity index (χ3n) is 6.70. The summed E-state index contributed by atoms with van der Waals surface area (Å²) in [5.74, 6) is -1.23. The highest BCUT2D eigenvalue weighted by molar-refractivity contribution is 7.99. The molecule has 1 N–H and O–H groups in total. The predicted molar refractivity (Wildman–Crippen MR) is 137 cm³/mol. The van der Waals surface area contributed by atoms with Crippen LogP contribution in [0.4, 0.5) is 17.6 Å². The summed E-state index contributed by atoms with van der Waals surface area (Å²) >= 11 is 1.19. The summed E-state index contributed by atoms with van der Waals surface area (Å²) in [5, 5.41) is 10.4. The number of ketones is 1. The summed E-state index contributed by atoms with van der Waals surface area (Å²) in [4.78, 5) is 27.3. The van der Waals surface area contributed by atoms with Crippen molar-refractivity contribution in [2.45, 2.75) is 30.6 Å². The van der Waals surface area contributed by atoms with Crippen LogP contribution in [-0.4, -0.2) is 21.2 Å². The Morgan fingerprint density at radius 1 is 1.03 bits per heavy atom. The van der Waals surface area contributed by atoms with E-state index in [4.69, 9.17) is 0 Å². The second-order valence-electron chi connectivity index (χ2n) is 9.01. The fourth-order valence-electron chi connectivity index (χ4n) is 4.88. The molecule has 0 saturated carbocycles. The standard InChI is InChI=1S/C29H21F4NO3S/c1-16-20(14-21-22(29(31,32)33)11-6-12-23(21)30)28-34(27(37)25(16)18-9-5-10-19(35)13-18)24(15-38-28)26(36)17-7-3-2-4-8-17/h2-13,24,35H,14-15H2,1H3. The van der Waals surface area contributed by atoms with Gasteiger partial charge in [0.2, 0.25) is 0 Å². The predicted octanol–water partition coefficient (Wildman–Crippen LogP) is 6.81. The highest BCUT2D eigenvalue weighted by Crippen LogP contribution is 2.42. The van der Waals surface area contributed by atoms with Crippen LogP contribution in [0, 0.1) is 12.7 Å². The van der Waals surface area contributed by atoms with Gasteiger partial charge in [0, 0.05) is 23.3 Å². The van der Waals surface area contributed by atoms with Gasteiger partial charge in [-0.05, 0) is 47.9 Å². The number of hydrogen-bond donors (Lipinski definition) is 1. The van der Waals surface area contributed by atoms with Crippen LogP contribution >= 0.6 is 11.8 Å². The summed E-state index contributed by atoms with van der Waals surface area (Å²) in [5.41, 5.74) is -0.571. The van der Waals surface area contributed by atoms with Crippen molar-refractivity contribution in [3.05, 3.63) is 117 Å². The number of alkyl halides is 3. The van der Waals surface area contributed by atoms with Gasteiger partial charge >= 0.3 is 6.18 Å². The van der Waals surface area contributed by atoms with Crippen LogP contribution in [0.2, 0.25) is 0 Å². The van der Waals surface area contributed by atoms with Gasteiger partial charge in [-0.15, -0.1) is 11.8 Å². The van der Waals surface area contributed by atoms with Gasteiger partial charge in [0.25, 0.3) is 5.56 Å². The molecular weight excluding hydrogens is 518 g/mol. The Kier molecular flexibility index (Phi) is 6.65. The van der Waals surface area contributed by atoms with E-state index >= 15 is 0 Å². The van der Waals surface area contributed by atoms with Crippen LogP contribution in [-0.2, 0) is 12.6 Å². The molecule has 1 aromatic heterocycles. The number of halogens is 4. The van der Waals surface area contributed by atoms with Crippen molar-refractivity contribution in [2.75, 3.05) is 5.75 Å².